The summed E-state index contributed by atoms with van der Waals surface area (Å²) in [6, 6.07) is -1.27. The number of nitrogens with one attached hydrogen (secondary N) is 2. The van der Waals surface area contributed by atoms with Crippen LogP contribution in [-0.2, 0) is 21.5 Å². The molecule has 0 fully saturated rings. The monoisotopic (exact) mass is 280 g/mol. The third kappa shape index (κ3) is 5.19. The second kappa shape index (κ2) is 6.02. The molecule has 10 heteroatoms. The van der Waals surface area contributed by atoms with Crippen molar-refractivity contribution in [2.75, 3.05) is 6.54 Å². The minimum Gasteiger partial charge on any atom is -0.480 e. The molecular weight excluding hydrogens is 268 g/mol. The summed E-state index contributed by atoms with van der Waals surface area (Å²) in [6.45, 7) is -0.322. The lowest BCUT2D eigenvalue weighted by molar-refractivity contribution is -0.138. The van der Waals surface area contributed by atoms with Gasteiger partial charge in [-0.2, -0.15) is 13.1 Å². The second-order valence-electron chi connectivity index (χ2n) is 3.04. The van der Waals surface area contributed by atoms with Gasteiger partial charge >= 0.3 is 5.97 Å². The Bertz CT molecular complexity index is 458. The summed E-state index contributed by atoms with van der Waals surface area (Å²) in [5.74, 6) is -1.27. The van der Waals surface area contributed by atoms with Gasteiger partial charge in [-0.15, -0.1) is 11.3 Å². The number of aliphatic carboxylic acids is 1. The normalized spacial score (nSPS) is 13.5. The van der Waals surface area contributed by atoms with E-state index in [1.165, 1.54) is 11.3 Å². The van der Waals surface area contributed by atoms with Crippen LogP contribution in [0.4, 0.5) is 0 Å². The lowest BCUT2D eigenvalue weighted by Crippen LogP contribution is -2.45. The fraction of sp³-hybridized carbons (Fsp3) is 0.429. The fourth-order valence-electron chi connectivity index (χ4n) is 0.835. The largest absolute Gasteiger partial charge is 0.480 e. The third-order valence-corrected chi connectivity index (χ3v) is 3.56. The molecule has 0 aromatic carbocycles. The molecule has 8 nitrogen and oxygen atoms in total. The maximum absolute atomic E-state index is 11.4. The molecule has 5 N–H and O–H groups in total. The Balaban J connectivity index is 2.39. The first-order chi connectivity index (χ1) is 7.91. The van der Waals surface area contributed by atoms with E-state index in [2.05, 4.69) is 9.71 Å². The van der Waals surface area contributed by atoms with E-state index >= 15 is 0 Å². The molecule has 0 saturated heterocycles. The van der Waals surface area contributed by atoms with Crippen LogP contribution in [-0.4, -0.2) is 37.1 Å². The Kier molecular flexibility index (Phi) is 4.96. The fourth-order valence-corrected chi connectivity index (χ4v) is 2.31. The lowest BCUT2D eigenvalue weighted by atomic mass is 10.3. The van der Waals surface area contributed by atoms with E-state index in [-0.39, 0.29) is 13.1 Å². The maximum Gasteiger partial charge on any atom is 0.321 e. The Morgan fingerprint density at radius 2 is 2.29 bits per heavy atom. The number of nitrogens with zero attached hydrogens (tertiary/aromatic N) is 1. The molecule has 0 spiro atoms. The van der Waals surface area contributed by atoms with E-state index in [4.69, 9.17) is 10.8 Å². The van der Waals surface area contributed by atoms with Crippen LogP contribution in [0.1, 0.15) is 5.01 Å². The Hall–Kier alpha value is -1.07. The first kappa shape index (κ1) is 14.0. The van der Waals surface area contributed by atoms with Crippen molar-refractivity contribution in [1.82, 2.24) is 14.4 Å². The van der Waals surface area contributed by atoms with Gasteiger partial charge in [0.05, 0.1) is 6.54 Å². The maximum atomic E-state index is 11.4. The average Bonchev–Trinajstić information content (AvgIpc) is 2.76. The minimum absolute atomic E-state index is 0.0509. The van der Waals surface area contributed by atoms with E-state index < -0.39 is 22.2 Å². The summed E-state index contributed by atoms with van der Waals surface area (Å²) < 4.78 is 27.0. The van der Waals surface area contributed by atoms with Gasteiger partial charge < -0.3 is 10.8 Å². The minimum atomic E-state index is -3.76. The number of carboxylic acid groups (broad SMARTS) is 1. The van der Waals surface area contributed by atoms with E-state index in [1.807, 2.05) is 4.72 Å². The summed E-state index contributed by atoms with van der Waals surface area (Å²) >= 11 is 1.31. The predicted molar refractivity (Wildman–Crippen MR) is 61.5 cm³/mol. The molecule has 1 rings (SSSR count). The van der Waals surface area contributed by atoms with Crippen molar-refractivity contribution in [3.05, 3.63) is 16.6 Å². The second-order valence-corrected chi connectivity index (χ2v) is 5.61. The van der Waals surface area contributed by atoms with E-state index in [0.717, 1.165) is 0 Å². The van der Waals surface area contributed by atoms with Gasteiger partial charge in [0, 0.05) is 18.1 Å². The van der Waals surface area contributed by atoms with Gasteiger partial charge in [-0.25, -0.2) is 9.71 Å². The molecule has 96 valence electrons. The summed E-state index contributed by atoms with van der Waals surface area (Å²) in [5, 5.41) is 10.8. The zero-order valence-electron chi connectivity index (χ0n) is 8.66. The topological polar surface area (TPSA) is 134 Å². The van der Waals surface area contributed by atoms with Crippen LogP contribution in [0.5, 0.6) is 0 Å². The highest BCUT2D eigenvalue weighted by Crippen LogP contribution is 2.02. The van der Waals surface area contributed by atoms with Crippen molar-refractivity contribution in [2.24, 2.45) is 5.73 Å². The van der Waals surface area contributed by atoms with Crippen molar-refractivity contribution < 1.29 is 18.3 Å². The highest BCUT2D eigenvalue weighted by molar-refractivity contribution is 7.87. The number of hydrogen-bond donors (Lipinski definition) is 4. The molecule has 0 aliphatic rings. The van der Waals surface area contributed by atoms with Gasteiger partial charge in [0.2, 0.25) is 0 Å². The van der Waals surface area contributed by atoms with Crippen LogP contribution in [0.3, 0.4) is 0 Å². The quantitative estimate of drug-likeness (QED) is 0.479. The van der Waals surface area contributed by atoms with E-state index in [1.54, 1.807) is 11.6 Å². The SMILES string of the molecule is N[C@@H](CNS(=O)(=O)NCc1nccs1)C(=O)O. The van der Waals surface area contributed by atoms with Crippen LogP contribution in [0.25, 0.3) is 0 Å². The smallest absolute Gasteiger partial charge is 0.321 e. The van der Waals surface area contributed by atoms with Gasteiger partial charge in [0.25, 0.3) is 10.2 Å². The Labute approximate surface area is 102 Å². The number of rotatable bonds is 7. The summed E-state index contributed by atoms with van der Waals surface area (Å²) in [6.07, 6.45) is 1.56. The molecule has 0 unspecified atom stereocenters. The van der Waals surface area contributed by atoms with Gasteiger partial charge in [-0.05, 0) is 0 Å². The molecule has 17 heavy (non-hydrogen) atoms. The number of nitrogens with two attached hydrogens (primary N) is 1. The van der Waals surface area contributed by atoms with Crippen molar-refractivity contribution in [1.29, 1.82) is 0 Å². The van der Waals surface area contributed by atoms with E-state index in [0.29, 0.717) is 5.01 Å². The van der Waals surface area contributed by atoms with Crippen molar-refractivity contribution in [3.8, 4) is 0 Å². The molecule has 0 aliphatic carbocycles. The molecule has 0 aliphatic heterocycles. The van der Waals surface area contributed by atoms with Crippen LogP contribution in [0.2, 0.25) is 0 Å². The third-order valence-electron chi connectivity index (χ3n) is 1.71. The first-order valence-corrected chi connectivity index (χ1v) is 6.88. The van der Waals surface area contributed by atoms with Crippen LogP contribution in [0, 0.1) is 0 Å². The Morgan fingerprint density at radius 3 is 2.82 bits per heavy atom. The van der Waals surface area contributed by atoms with Crippen molar-refractivity contribution in [2.45, 2.75) is 12.6 Å². The molecular formula is C7H12N4O4S2. The van der Waals surface area contributed by atoms with Gasteiger partial charge in [-0.3, -0.25) is 4.79 Å². The number of carbonyl (C=O) groups is 1. The number of hydrogen-bond acceptors (Lipinski definition) is 6. The van der Waals surface area contributed by atoms with Gasteiger partial charge in [0.15, 0.2) is 0 Å². The van der Waals surface area contributed by atoms with Crippen LogP contribution < -0.4 is 15.2 Å². The van der Waals surface area contributed by atoms with Crippen molar-refractivity contribution >= 4 is 27.5 Å². The number of aromatic nitrogens is 1. The van der Waals surface area contributed by atoms with Gasteiger partial charge in [-0.1, -0.05) is 0 Å². The molecule has 1 heterocycles. The molecule has 1 aromatic rings. The highest BCUT2D eigenvalue weighted by atomic mass is 32.2. The predicted octanol–water partition coefficient (Wildman–Crippen LogP) is -1.52. The zero-order chi connectivity index (χ0) is 12.9. The summed E-state index contributed by atoms with van der Waals surface area (Å²) in [5.41, 5.74) is 5.15. The van der Waals surface area contributed by atoms with Gasteiger partial charge in [0.1, 0.15) is 11.0 Å². The molecule has 1 atom stereocenters. The van der Waals surface area contributed by atoms with Crippen molar-refractivity contribution in [3.63, 3.8) is 0 Å². The van der Waals surface area contributed by atoms with Crippen LogP contribution in [0.15, 0.2) is 11.6 Å². The number of thiazole rings is 1. The lowest BCUT2D eigenvalue weighted by Gasteiger charge is -2.09. The average molecular weight is 280 g/mol. The molecule has 0 amide bonds. The summed E-state index contributed by atoms with van der Waals surface area (Å²) in [4.78, 5) is 14.3. The highest BCUT2D eigenvalue weighted by Gasteiger charge is 2.16. The number of carboxylic acids is 1. The molecule has 0 radical (unpaired) electrons. The standard InChI is InChI=1S/C7H12N4O4S2/c8-5(7(12)13)3-10-17(14,15)11-4-6-9-1-2-16-6/h1-2,5,10-11H,3-4,8H2,(H,12,13)/t5-/m0/s1. The Morgan fingerprint density at radius 1 is 1.59 bits per heavy atom. The van der Waals surface area contributed by atoms with Crippen LogP contribution >= 0.6 is 11.3 Å². The zero-order valence-corrected chi connectivity index (χ0v) is 10.3. The molecule has 0 saturated carbocycles. The van der Waals surface area contributed by atoms with E-state index in [9.17, 15) is 13.2 Å². The first-order valence-electron chi connectivity index (χ1n) is 4.52. The molecule has 0 bridgehead atoms. The molecule has 1 aromatic heterocycles. The summed E-state index contributed by atoms with van der Waals surface area (Å²) in [7, 11) is -3.76.